The van der Waals surface area contributed by atoms with E-state index in [4.69, 9.17) is 0 Å². The van der Waals surface area contributed by atoms with Gasteiger partial charge in [0.2, 0.25) is 0 Å². The van der Waals surface area contributed by atoms with Gasteiger partial charge in [-0.25, -0.2) is 0 Å². The molecule has 0 spiro atoms. The molecule has 0 saturated carbocycles. The van der Waals surface area contributed by atoms with Crippen LogP contribution in [0.3, 0.4) is 0 Å². The molecule has 2 nitrogen and oxygen atoms in total. The lowest BCUT2D eigenvalue weighted by Gasteiger charge is -1.93. The summed E-state index contributed by atoms with van der Waals surface area (Å²) in [5.74, 6) is 0. The minimum absolute atomic E-state index is 0.692. The molecular weight excluding hydrogens is 160 g/mol. The highest BCUT2D eigenvalue weighted by Crippen LogP contribution is 1.96. The molecule has 0 bridgehead atoms. The van der Waals surface area contributed by atoms with Crippen molar-refractivity contribution >= 4 is 6.21 Å². The molecule has 0 aliphatic carbocycles. The summed E-state index contributed by atoms with van der Waals surface area (Å²) in [5, 5.41) is 0. The number of nitrogens with zero attached hydrogens (tertiary/aromatic N) is 2. The van der Waals surface area contributed by atoms with Gasteiger partial charge in [0.1, 0.15) is 0 Å². The number of pyridine rings is 1. The van der Waals surface area contributed by atoms with Crippen molar-refractivity contribution in [1.82, 2.24) is 4.98 Å². The van der Waals surface area contributed by atoms with E-state index >= 15 is 0 Å². The molecule has 0 atom stereocenters. The SMILES string of the molecule is [CH2]CCCC=NCc1ccccn1. The Morgan fingerprint density at radius 1 is 1.46 bits per heavy atom. The number of rotatable bonds is 5. The van der Waals surface area contributed by atoms with Crippen molar-refractivity contribution in [1.29, 1.82) is 0 Å². The second-order valence-corrected chi connectivity index (χ2v) is 2.84. The number of aliphatic imine (C=N–C) groups is 1. The molecule has 0 fully saturated rings. The second kappa shape index (κ2) is 6.35. The third-order valence-corrected chi connectivity index (χ3v) is 1.69. The molecule has 2 heteroatoms. The Kier molecular flexibility index (Phi) is 4.84. The zero-order valence-corrected chi connectivity index (χ0v) is 7.82. The number of hydrogen-bond donors (Lipinski definition) is 0. The van der Waals surface area contributed by atoms with Crippen LogP contribution in [0.15, 0.2) is 29.4 Å². The molecule has 0 amide bonds. The quantitative estimate of drug-likeness (QED) is 0.499. The van der Waals surface area contributed by atoms with E-state index in [-0.39, 0.29) is 0 Å². The van der Waals surface area contributed by atoms with Gasteiger partial charge in [0.25, 0.3) is 0 Å². The third-order valence-electron chi connectivity index (χ3n) is 1.69. The largest absolute Gasteiger partial charge is 0.291 e. The van der Waals surface area contributed by atoms with Crippen LogP contribution in [0.5, 0.6) is 0 Å². The van der Waals surface area contributed by atoms with Crippen LogP contribution < -0.4 is 0 Å². The summed E-state index contributed by atoms with van der Waals surface area (Å²) < 4.78 is 0. The average Bonchev–Trinajstić information content (AvgIpc) is 2.19. The highest BCUT2D eigenvalue weighted by atomic mass is 14.8. The third kappa shape index (κ3) is 4.41. The first-order valence-corrected chi connectivity index (χ1v) is 4.61. The molecule has 0 unspecified atom stereocenters. The van der Waals surface area contributed by atoms with Crippen LogP contribution in [0, 0.1) is 6.92 Å². The normalized spacial score (nSPS) is 10.8. The highest BCUT2D eigenvalue weighted by molar-refractivity contribution is 5.56. The number of hydrogen-bond acceptors (Lipinski definition) is 2. The lowest BCUT2D eigenvalue weighted by molar-refractivity contribution is 0.891. The van der Waals surface area contributed by atoms with Crippen molar-refractivity contribution in [3.63, 3.8) is 0 Å². The maximum atomic E-state index is 4.26. The standard InChI is InChI=1S/C11H15N2/c1-2-3-5-8-12-10-11-7-4-6-9-13-11/h4,6-9H,1-3,5,10H2. The summed E-state index contributed by atoms with van der Waals surface area (Å²) in [7, 11) is 0. The van der Waals surface area contributed by atoms with Crippen LogP contribution >= 0.6 is 0 Å². The Hall–Kier alpha value is -1.18. The van der Waals surface area contributed by atoms with Crippen molar-refractivity contribution in [2.24, 2.45) is 4.99 Å². The fourth-order valence-electron chi connectivity index (χ4n) is 0.977. The zero-order chi connectivity index (χ0) is 9.36. The van der Waals surface area contributed by atoms with Crippen molar-refractivity contribution in [2.45, 2.75) is 25.8 Å². The Bertz CT molecular complexity index is 242. The maximum Gasteiger partial charge on any atom is 0.0807 e. The van der Waals surface area contributed by atoms with Crippen LogP contribution in [-0.2, 0) is 6.54 Å². The zero-order valence-electron chi connectivity index (χ0n) is 7.82. The van der Waals surface area contributed by atoms with E-state index < -0.39 is 0 Å². The lowest BCUT2D eigenvalue weighted by atomic mass is 10.3. The van der Waals surface area contributed by atoms with E-state index in [1.807, 2.05) is 24.4 Å². The number of aromatic nitrogens is 1. The van der Waals surface area contributed by atoms with Crippen molar-refractivity contribution in [2.75, 3.05) is 0 Å². The number of unbranched alkanes of at least 4 members (excludes halogenated alkanes) is 2. The first kappa shape index (κ1) is 9.90. The Balaban J connectivity index is 2.23. The van der Waals surface area contributed by atoms with E-state index in [9.17, 15) is 0 Å². The predicted molar refractivity (Wildman–Crippen MR) is 55.6 cm³/mol. The van der Waals surface area contributed by atoms with Gasteiger partial charge in [0.05, 0.1) is 12.2 Å². The van der Waals surface area contributed by atoms with Gasteiger partial charge >= 0.3 is 0 Å². The summed E-state index contributed by atoms with van der Waals surface area (Å²) in [5.41, 5.74) is 1.02. The molecule has 1 aromatic rings. The monoisotopic (exact) mass is 175 g/mol. The van der Waals surface area contributed by atoms with Crippen LogP contribution in [0.25, 0.3) is 0 Å². The average molecular weight is 175 g/mol. The van der Waals surface area contributed by atoms with E-state index in [1.165, 1.54) is 0 Å². The summed E-state index contributed by atoms with van der Waals surface area (Å²) in [4.78, 5) is 8.43. The van der Waals surface area contributed by atoms with Crippen molar-refractivity contribution in [3.05, 3.63) is 37.0 Å². The molecule has 69 valence electrons. The van der Waals surface area contributed by atoms with Gasteiger partial charge in [-0.15, -0.1) is 0 Å². The van der Waals surface area contributed by atoms with Crippen LogP contribution in [0.4, 0.5) is 0 Å². The minimum Gasteiger partial charge on any atom is -0.291 e. The Morgan fingerprint density at radius 2 is 2.38 bits per heavy atom. The van der Waals surface area contributed by atoms with Crippen LogP contribution in [0.1, 0.15) is 25.0 Å². The molecule has 1 aromatic heterocycles. The van der Waals surface area contributed by atoms with E-state index in [0.29, 0.717) is 6.54 Å². The molecule has 1 heterocycles. The molecule has 0 N–H and O–H groups in total. The smallest absolute Gasteiger partial charge is 0.0807 e. The predicted octanol–water partition coefficient (Wildman–Crippen LogP) is 2.66. The van der Waals surface area contributed by atoms with E-state index in [1.54, 1.807) is 6.20 Å². The Morgan fingerprint density at radius 3 is 3.08 bits per heavy atom. The second-order valence-electron chi connectivity index (χ2n) is 2.84. The lowest BCUT2D eigenvalue weighted by Crippen LogP contribution is -1.86. The summed E-state index contributed by atoms with van der Waals surface area (Å²) in [6.07, 6.45) is 6.87. The van der Waals surface area contributed by atoms with Gasteiger partial charge in [-0.05, 0) is 31.2 Å². The first-order chi connectivity index (χ1) is 6.43. The van der Waals surface area contributed by atoms with Gasteiger partial charge in [0.15, 0.2) is 0 Å². The molecule has 0 aliphatic rings. The maximum absolute atomic E-state index is 4.26. The molecule has 0 aromatic carbocycles. The fraction of sp³-hybridized carbons (Fsp3) is 0.364. The van der Waals surface area contributed by atoms with Crippen LogP contribution in [-0.4, -0.2) is 11.2 Å². The topological polar surface area (TPSA) is 25.2 Å². The molecule has 1 radical (unpaired) electrons. The fourth-order valence-corrected chi connectivity index (χ4v) is 0.977. The summed E-state index contributed by atoms with van der Waals surface area (Å²) >= 11 is 0. The van der Waals surface area contributed by atoms with E-state index in [2.05, 4.69) is 16.9 Å². The Labute approximate surface area is 79.7 Å². The molecule has 1 rings (SSSR count). The minimum atomic E-state index is 0.692. The molecule has 0 saturated heterocycles. The van der Waals surface area contributed by atoms with Gasteiger partial charge in [-0.1, -0.05) is 19.4 Å². The van der Waals surface area contributed by atoms with Gasteiger partial charge in [-0.3, -0.25) is 9.98 Å². The van der Waals surface area contributed by atoms with Crippen molar-refractivity contribution in [3.8, 4) is 0 Å². The summed E-state index contributed by atoms with van der Waals surface area (Å²) in [6, 6.07) is 5.88. The van der Waals surface area contributed by atoms with E-state index in [0.717, 1.165) is 25.0 Å². The molecule has 0 aliphatic heterocycles. The molecule has 13 heavy (non-hydrogen) atoms. The van der Waals surface area contributed by atoms with Crippen molar-refractivity contribution < 1.29 is 0 Å². The first-order valence-electron chi connectivity index (χ1n) is 4.61. The van der Waals surface area contributed by atoms with Gasteiger partial charge in [0, 0.05) is 6.20 Å². The highest BCUT2D eigenvalue weighted by Gasteiger charge is 1.87. The molecular formula is C11H15N2. The summed E-state index contributed by atoms with van der Waals surface area (Å²) in [6.45, 7) is 4.46. The van der Waals surface area contributed by atoms with Gasteiger partial charge in [-0.2, -0.15) is 0 Å². The van der Waals surface area contributed by atoms with Gasteiger partial charge < -0.3 is 0 Å². The van der Waals surface area contributed by atoms with Crippen LogP contribution in [0.2, 0.25) is 0 Å².